The van der Waals surface area contributed by atoms with Crippen molar-refractivity contribution in [3.63, 3.8) is 0 Å². The van der Waals surface area contributed by atoms with E-state index in [0.717, 1.165) is 44.7 Å². The number of pyridine rings is 1. The average molecular weight is 784 g/mol. The lowest BCUT2D eigenvalue weighted by Gasteiger charge is -2.35. The minimum atomic E-state index is -0.970. The predicted octanol–water partition coefficient (Wildman–Crippen LogP) is 5.17. The van der Waals surface area contributed by atoms with Crippen LogP contribution in [0.1, 0.15) is 69.8 Å². The molecule has 1 saturated carbocycles. The Morgan fingerprint density at radius 3 is 2.71 bits per heavy atom. The normalized spacial score (nSPS) is 24.3. The number of esters is 1. The van der Waals surface area contributed by atoms with E-state index in [1.165, 1.54) is 21.2 Å². The number of carbonyl (C=O) groups excluding carboxylic acids is 4. The number of rotatable bonds is 7. The molecule has 56 heavy (non-hydrogen) atoms. The van der Waals surface area contributed by atoms with Crippen molar-refractivity contribution in [2.75, 3.05) is 34.4 Å². The van der Waals surface area contributed by atoms with Gasteiger partial charge in [0.25, 0.3) is 5.91 Å². The zero-order valence-electron chi connectivity index (χ0n) is 33.5. The van der Waals surface area contributed by atoms with Gasteiger partial charge in [0.1, 0.15) is 12.1 Å². The highest BCUT2D eigenvalue weighted by Gasteiger charge is 2.57. The number of hydrogen-bond donors (Lipinski definition) is 2. The highest BCUT2D eigenvalue weighted by molar-refractivity contribution is 7.10. The number of hydrogen-bond acceptors (Lipinski definition) is 10. The summed E-state index contributed by atoms with van der Waals surface area (Å²) in [5.74, 6) is -2.34. The lowest BCUT2D eigenvalue weighted by molar-refractivity contribution is -0.155. The second kappa shape index (κ2) is 15.7. The summed E-state index contributed by atoms with van der Waals surface area (Å²) in [7, 11) is 5.05. The van der Waals surface area contributed by atoms with Gasteiger partial charge in [-0.25, -0.2) is 10.4 Å². The minimum Gasteiger partial charge on any atom is -0.464 e. The van der Waals surface area contributed by atoms with Crippen LogP contribution in [-0.2, 0) is 48.0 Å². The Hall–Kier alpha value is -4.66. The number of ether oxygens (including phenoxy) is 2. The Morgan fingerprint density at radius 1 is 1.20 bits per heavy atom. The van der Waals surface area contributed by atoms with Gasteiger partial charge in [-0.15, -0.1) is 11.3 Å². The third-order valence-electron chi connectivity index (χ3n) is 11.6. The van der Waals surface area contributed by atoms with E-state index in [0.29, 0.717) is 37.4 Å². The summed E-state index contributed by atoms with van der Waals surface area (Å²) in [6, 6.07) is 8.74. The first-order valence-corrected chi connectivity index (χ1v) is 20.4. The molecule has 13 nitrogen and oxygen atoms in total. The van der Waals surface area contributed by atoms with Crippen molar-refractivity contribution in [2.45, 2.75) is 85.0 Å². The van der Waals surface area contributed by atoms with Gasteiger partial charge < -0.3 is 24.3 Å². The summed E-state index contributed by atoms with van der Waals surface area (Å²) >= 11 is 1.43. The van der Waals surface area contributed by atoms with Gasteiger partial charge in [-0.05, 0) is 68.9 Å². The molecule has 0 unspecified atom stereocenters. The maximum absolute atomic E-state index is 14.3. The number of fused-ring (bicyclic) bond motifs is 6. The molecule has 6 bridgehead atoms. The molecule has 0 spiro atoms. The molecule has 298 valence electrons. The topological polar surface area (TPSA) is 148 Å². The summed E-state index contributed by atoms with van der Waals surface area (Å²) in [4.78, 5) is 65.8. The predicted molar refractivity (Wildman–Crippen MR) is 214 cm³/mol. The molecule has 2 aliphatic heterocycles. The van der Waals surface area contributed by atoms with E-state index in [1.807, 2.05) is 25.3 Å². The standard InChI is InChI=1S/C42H53N7O6S/c1-9-48-32-15-14-25-18-27(32)28(37(48)26-12-10-16-43-36(26)24(3)54-8)20-42(4,5)22-55-41(53)29-13-11-17-49(46-29)39(51)30(19-33-44-31(25)21-56-33)45-38(50)34-23(2)35(34)40(52)47(6)7/h10,12,14-16,18,21,23-24,29-30,34-35,46H,9,11,13,17,19-20,22H2,1-8H3,(H,45,50)/t23-,24+,29+,30+,34-,35-/m1/s1. The van der Waals surface area contributed by atoms with Crippen LogP contribution in [0.5, 0.6) is 0 Å². The van der Waals surface area contributed by atoms with Crippen molar-refractivity contribution in [2.24, 2.45) is 23.2 Å². The lowest BCUT2D eigenvalue weighted by Crippen LogP contribution is -2.60. The number of carbonyl (C=O) groups is 4. The van der Waals surface area contributed by atoms with E-state index in [-0.39, 0.29) is 42.8 Å². The molecule has 3 aromatic heterocycles. The smallest absolute Gasteiger partial charge is 0.324 e. The quantitative estimate of drug-likeness (QED) is 0.242. The molecule has 5 heterocycles. The summed E-state index contributed by atoms with van der Waals surface area (Å²) in [5, 5.41) is 8.17. The van der Waals surface area contributed by atoms with Gasteiger partial charge in [0.15, 0.2) is 0 Å². The van der Waals surface area contributed by atoms with Crippen LogP contribution in [0, 0.1) is 23.2 Å². The van der Waals surface area contributed by atoms with Crippen LogP contribution in [0.4, 0.5) is 0 Å². The van der Waals surface area contributed by atoms with Gasteiger partial charge in [-0.3, -0.25) is 29.2 Å². The number of cyclic esters (lactones) is 1. The van der Waals surface area contributed by atoms with Gasteiger partial charge in [0.05, 0.1) is 46.6 Å². The largest absolute Gasteiger partial charge is 0.464 e. The van der Waals surface area contributed by atoms with Crippen LogP contribution in [-0.4, -0.2) is 94.6 Å². The van der Waals surface area contributed by atoms with E-state index in [1.54, 1.807) is 27.4 Å². The van der Waals surface area contributed by atoms with E-state index in [4.69, 9.17) is 19.4 Å². The van der Waals surface area contributed by atoms with E-state index in [2.05, 4.69) is 60.3 Å². The fraction of sp³-hybridized carbons (Fsp3) is 0.524. The fourth-order valence-corrected chi connectivity index (χ4v) is 9.22. The molecule has 2 N–H and O–H groups in total. The van der Waals surface area contributed by atoms with Crippen molar-refractivity contribution in [3.05, 3.63) is 58.2 Å². The second-order valence-electron chi connectivity index (χ2n) is 16.4. The van der Waals surface area contributed by atoms with Crippen molar-refractivity contribution in [1.82, 2.24) is 35.2 Å². The summed E-state index contributed by atoms with van der Waals surface area (Å²) in [6.07, 6.45) is 3.39. The number of aromatic nitrogens is 3. The number of hydrazine groups is 1. The van der Waals surface area contributed by atoms with Gasteiger partial charge >= 0.3 is 5.97 Å². The zero-order chi connectivity index (χ0) is 40.1. The van der Waals surface area contributed by atoms with Crippen molar-refractivity contribution in [1.29, 1.82) is 0 Å². The summed E-state index contributed by atoms with van der Waals surface area (Å²) in [5.41, 5.74) is 9.42. The van der Waals surface area contributed by atoms with Crippen LogP contribution >= 0.6 is 11.3 Å². The molecular weight excluding hydrogens is 731 g/mol. The number of thiazole rings is 1. The molecule has 7 rings (SSSR count). The van der Waals surface area contributed by atoms with Crippen LogP contribution < -0.4 is 10.7 Å². The first kappa shape index (κ1) is 39.6. The Labute approximate surface area is 332 Å². The fourth-order valence-electron chi connectivity index (χ4n) is 8.37. The van der Waals surface area contributed by atoms with Gasteiger partial charge in [-0.1, -0.05) is 26.8 Å². The maximum Gasteiger partial charge on any atom is 0.324 e. The SMILES string of the molecule is CCn1c(-c2cccnc2[C@H](C)OC)c2c3cc(ccc31)-c1csc(n1)C[C@H](NC(=O)[C@@H]1[C@@H](C)[C@H]1C(=O)N(C)C)C(=O)N1CCC[C@H](N1)C(=O)OCC(C)(C)C2. The third-order valence-corrected chi connectivity index (χ3v) is 12.4. The van der Waals surface area contributed by atoms with Crippen LogP contribution in [0.3, 0.4) is 0 Å². The molecule has 2 fully saturated rings. The van der Waals surface area contributed by atoms with E-state index < -0.39 is 35.3 Å². The first-order valence-electron chi connectivity index (χ1n) is 19.6. The molecule has 4 aromatic rings. The minimum absolute atomic E-state index is 0.104. The number of aryl methyl sites for hydroxylation is 1. The number of nitrogens with one attached hydrogen (secondary N) is 2. The molecule has 1 aromatic carbocycles. The molecule has 3 aliphatic rings. The summed E-state index contributed by atoms with van der Waals surface area (Å²) in [6.45, 7) is 11.5. The van der Waals surface area contributed by atoms with Crippen LogP contribution in [0.15, 0.2) is 41.9 Å². The number of nitrogens with zero attached hydrogens (tertiary/aromatic N) is 5. The molecular formula is C42H53N7O6S. The molecule has 1 saturated heterocycles. The van der Waals surface area contributed by atoms with Gasteiger partial charge in [0.2, 0.25) is 11.8 Å². The summed E-state index contributed by atoms with van der Waals surface area (Å²) < 4.78 is 14.2. The van der Waals surface area contributed by atoms with Gasteiger partial charge in [0, 0.05) is 79.7 Å². The Kier molecular flexibility index (Phi) is 11.1. The molecule has 3 amide bonds. The molecule has 0 radical (unpaired) electrons. The number of amides is 3. The maximum atomic E-state index is 14.3. The number of methoxy groups -OCH3 is 1. The third kappa shape index (κ3) is 7.58. The van der Waals surface area contributed by atoms with Crippen molar-refractivity contribution >= 4 is 45.9 Å². The van der Waals surface area contributed by atoms with Crippen molar-refractivity contribution < 1.29 is 28.7 Å². The molecule has 14 heteroatoms. The van der Waals surface area contributed by atoms with E-state index >= 15 is 0 Å². The highest BCUT2D eigenvalue weighted by atomic mass is 32.1. The Morgan fingerprint density at radius 2 is 1.98 bits per heavy atom. The van der Waals surface area contributed by atoms with Crippen LogP contribution in [0.25, 0.3) is 33.4 Å². The van der Waals surface area contributed by atoms with Gasteiger partial charge in [-0.2, -0.15) is 0 Å². The first-order chi connectivity index (χ1) is 26.7. The van der Waals surface area contributed by atoms with Crippen LogP contribution in [0.2, 0.25) is 0 Å². The Bertz CT molecular complexity index is 2160. The molecule has 6 atom stereocenters. The Balaban J connectivity index is 1.32. The van der Waals surface area contributed by atoms with Crippen molar-refractivity contribution in [3.8, 4) is 22.5 Å². The highest BCUT2D eigenvalue weighted by Crippen LogP contribution is 2.47. The second-order valence-corrected chi connectivity index (χ2v) is 17.4. The molecule has 1 aliphatic carbocycles. The zero-order valence-corrected chi connectivity index (χ0v) is 34.4. The monoisotopic (exact) mass is 783 g/mol. The number of benzene rings is 1. The van der Waals surface area contributed by atoms with E-state index in [9.17, 15) is 19.2 Å². The average Bonchev–Trinajstić information content (AvgIpc) is 3.49. The lowest BCUT2D eigenvalue weighted by atomic mass is 9.84.